The molecule has 4 atom stereocenters. The Balaban J connectivity index is 1.98. The quantitative estimate of drug-likeness (QED) is 0.241. The van der Waals surface area contributed by atoms with Crippen LogP contribution >= 0.6 is 0 Å². The standard InChI is InChI=1S/C30H41F8NO3/c1-6-18(5)14-27(7-2,13-17(3)4)16-42-24-12-23(32)22(11-21(24)19-8-9-19)26(40)39-15-20(31)10-25(39)28(41,29(33,34)35)30(36,37)38/h11-12,17-20,25,41H,6-10,13-16H2,1-5H3/t18?,20-,25+,27?/m1/s1. The molecule has 1 heterocycles. The lowest BCUT2D eigenvalue weighted by atomic mass is 9.72. The lowest BCUT2D eigenvalue weighted by Gasteiger charge is -2.40. The number of amides is 1. The minimum atomic E-state index is -6.27. The number of halogens is 8. The Morgan fingerprint density at radius 3 is 2.12 bits per heavy atom. The molecule has 1 aliphatic heterocycles. The third-order valence-corrected chi connectivity index (χ3v) is 8.81. The van der Waals surface area contributed by atoms with Gasteiger partial charge in [-0.05, 0) is 61.5 Å². The Labute approximate surface area is 241 Å². The van der Waals surface area contributed by atoms with Crippen molar-refractivity contribution in [1.29, 1.82) is 0 Å². The maximum atomic E-state index is 15.5. The van der Waals surface area contributed by atoms with Crippen LogP contribution in [0.2, 0.25) is 0 Å². The topological polar surface area (TPSA) is 49.8 Å². The summed E-state index contributed by atoms with van der Waals surface area (Å²) in [5.74, 6) is -1.97. The maximum Gasteiger partial charge on any atom is 0.428 e. The van der Waals surface area contributed by atoms with Crippen LogP contribution in [0.5, 0.6) is 5.75 Å². The van der Waals surface area contributed by atoms with Crippen LogP contribution in [0.25, 0.3) is 0 Å². The van der Waals surface area contributed by atoms with Gasteiger partial charge in [-0.3, -0.25) is 4.79 Å². The van der Waals surface area contributed by atoms with Crippen LogP contribution in [0.15, 0.2) is 12.1 Å². The number of nitrogens with zero attached hydrogens (tertiary/aromatic N) is 1. The molecule has 12 heteroatoms. The summed E-state index contributed by atoms with van der Waals surface area (Å²) in [7, 11) is 0. The number of likely N-dealkylation sites (tertiary alicyclic amines) is 1. The van der Waals surface area contributed by atoms with E-state index in [0.29, 0.717) is 30.2 Å². The summed E-state index contributed by atoms with van der Waals surface area (Å²) >= 11 is 0. The first kappa shape index (κ1) is 34.4. The maximum absolute atomic E-state index is 15.5. The molecular formula is C30H41F8NO3. The Morgan fingerprint density at radius 2 is 1.64 bits per heavy atom. The SMILES string of the molecule is CCC(C)CC(CC)(COc1cc(F)c(C(=O)N2C[C@H](F)C[C@H]2C(O)(C(F)(F)F)C(F)(F)F)cc1C1CC1)CC(C)C. The van der Waals surface area contributed by atoms with Gasteiger partial charge in [-0.25, -0.2) is 8.78 Å². The van der Waals surface area contributed by atoms with E-state index in [1.54, 1.807) is 0 Å². The zero-order chi connectivity index (χ0) is 31.8. The molecule has 0 spiro atoms. The number of carbonyl (C=O) groups excluding carboxylic acids is 1. The summed E-state index contributed by atoms with van der Waals surface area (Å²) in [6.45, 7) is 9.61. The Morgan fingerprint density at radius 1 is 1.05 bits per heavy atom. The first-order chi connectivity index (χ1) is 19.3. The number of benzene rings is 1. The van der Waals surface area contributed by atoms with Gasteiger partial charge in [-0.15, -0.1) is 0 Å². The molecule has 1 aromatic carbocycles. The van der Waals surface area contributed by atoms with Crippen LogP contribution in [0, 0.1) is 23.1 Å². The van der Waals surface area contributed by atoms with Crippen LogP contribution in [-0.2, 0) is 0 Å². The molecule has 1 amide bonds. The van der Waals surface area contributed by atoms with Crippen molar-refractivity contribution in [3.8, 4) is 5.75 Å². The molecule has 3 rings (SSSR count). The summed E-state index contributed by atoms with van der Waals surface area (Å²) < 4.78 is 118. The zero-order valence-corrected chi connectivity index (χ0v) is 24.6. The van der Waals surface area contributed by atoms with Crippen molar-refractivity contribution in [2.75, 3.05) is 13.2 Å². The van der Waals surface area contributed by atoms with Crippen molar-refractivity contribution < 1.29 is 49.8 Å². The van der Waals surface area contributed by atoms with Gasteiger partial charge in [0.15, 0.2) is 0 Å². The molecular weight excluding hydrogens is 574 g/mol. The fourth-order valence-electron chi connectivity index (χ4n) is 6.24. The number of aliphatic hydroxyl groups is 1. The second kappa shape index (κ2) is 12.5. The highest BCUT2D eigenvalue weighted by Gasteiger charge is 2.76. The molecule has 1 saturated carbocycles. The summed E-state index contributed by atoms with van der Waals surface area (Å²) in [4.78, 5) is 13.3. The first-order valence-corrected chi connectivity index (χ1v) is 14.6. The molecule has 1 N–H and O–H groups in total. The van der Waals surface area contributed by atoms with Gasteiger partial charge in [0.1, 0.15) is 17.7 Å². The number of hydrogen-bond donors (Lipinski definition) is 1. The van der Waals surface area contributed by atoms with Gasteiger partial charge in [-0.2, -0.15) is 26.3 Å². The summed E-state index contributed by atoms with van der Waals surface area (Å²) in [6, 6.07) is -0.989. The van der Waals surface area contributed by atoms with E-state index in [9.17, 15) is 40.6 Å². The van der Waals surface area contributed by atoms with Crippen molar-refractivity contribution in [1.82, 2.24) is 4.90 Å². The van der Waals surface area contributed by atoms with E-state index in [1.165, 1.54) is 0 Å². The predicted octanol–water partition coefficient (Wildman–Crippen LogP) is 8.37. The first-order valence-electron chi connectivity index (χ1n) is 14.6. The summed E-state index contributed by atoms with van der Waals surface area (Å²) in [6.07, 6.45) is -11.4. The molecule has 1 aromatic rings. The molecule has 240 valence electrons. The minimum Gasteiger partial charge on any atom is -0.493 e. The molecule has 42 heavy (non-hydrogen) atoms. The molecule has 0 radical (unpaired) electrons. The van der Waals surface area contributed by atoms with Crippen molar-refractivity contribution in [3.05, 3.63) is 29.1 Å². The van der Waals surface area contributed by atoms with Crippen LogP contribution in [-0.4, -0.2) is 59.2 Å². The highest BCUT2D eigenvalue weighted by molar-refractivity contribution is 5.95. The zero-order valence-electron chi connectivity index (χ0n) is 24.6. The third-order valence-electron chi connectivity index (χ3n) is 8.81. The van der Waals surface area contributed by atoms with E-state index < -0.39 is 60.4 Å². The van der Waals surface area contributed by atoms with Crippen molar-refractivity contribution in [3.63, 3.8) is 0 Å². The van der Waals surface area contributed by atoms with E-state index in [0.717, 1.165) is 37.8 Å². The predicted molar refractivity (Wildman–Crippen MR) is 142 cm³/mol. The number of hydrogen-bond acceptors (Lipinski definition) is 3. The lowest BCUT2D eigenvalue weighted by Crippen LogP contribution is -2.67. The second-order valence-corrected chi connectivity index (χ2v) is 12.7. The molecule has 0 bridgehead atoms. The average Bonchev–Trinajstić information content (AvgIpc) is 3.65. The molecule has 1 saturated heterocycles. The fraction of sp³-hybridized carbons (Fsp3) is 0.767. The highest BCUT2D eigenvalue weighted by Crippen LogP contribution is 2.50. The van der Waals surface area contributed by atoms with Crippen LogP contribution in [0.4, 0.5) is 35.1 Å². The normalized spacial score (nSPS) is 22.4. The van der Waals surface area contributed by atoms with Crippen LogP contribution < -0.4 is 4.74 Å². The van der Waals surface area contributed by atoms with Crippen LogP contribution in [0.3, 0.4) is 0 Å². The van der Waals surface area contributed by atoms with Crippen molar-refractivity contribution in [2.45, 2.75) is 116 Å². The number of carbonyl (C=O) groups is 1. The Hall–Kier alpha value is -2.11. The van der Waals surface area contributed by atoms with Crippen molar-refractivity contribution in [2.24, 2.45) is 17.3 Å². The summed E-state index contributed by atoms with van der Waals surface area (Å²) in [5, 5.41) is 9.92. The van der Waals surface area contributed by atoms with E-state index in [2.05, 4.69) is 34.6 Å². The Kier molecular flexibility index (Phi) is 10.2. The molecule has 1 aliphatic carbocycles. The third kappa shape index (κ3) is 6.99. The molecule has 2 unspecified atom stereocenters. The van der Waals surface area contributed by atoms with E-state index in [4.69, 9.17) is 4.74 Å². The molecule has 4 nitrogen and oxygen atoms in total. The van der Waals surface area contributed by atoms with Gasteiger partial charge in [0, 0.05) is 17.9 Å². The largest absolute Gasteiger partial charge is 0.493 e. The minimum absolute atomic E-state index is 0.0435. The van der Waals surface area contributed by atoms with E-state index >= 15 is 4.39 Å². The van der Waals surface area contributed by atoms with Gasteiger partial charge in [0.05, 0.1) is 24.8 Å². The second-order valence-electron chi connectivity index (χ2n) is 12.7. The number of ether oxygens (including phenoxy) is 1. The highest BCUT2D eigenvalue weighted by atomic mass is 19.4. The average molecular weight is 616 g/mol. The van der Waals surface area contributed by atoms with Crippen molar-refractivity contribution >= 4 is 5.91 Å². The number of alkyl halides is 7. The van der Waals surface area contributed by atoms with Gasteiger partial charge in [-0.1, -0.05) is 41.0 Å². The lowest BCUT2D eigenvalue weighted by molar-refractivity contribution is -0.380. The van der Waals surface area contributed by atoms with E-state index in [1.807, 2.05) is 0 Å². The van der Waals surface area contributed by atoms with Gasteiger partial charge < -0.3 is 14.7 Å². The smallest absolute Gasteiger partial charge is 0.428 e. The number of rotatable bonds is 12. The van der Waals surface area contributed by atoms with E-state index in [-0.39, 0.29) is 28.6 Å². The van der Waals surface area contributed by atoms with Gasteiger partial charge >= 0.3 is 12.4 Å². The molecule has 2 aliphatic rings. The van der Waals surface area contributed by atoms with Crippen LogP contribution in [0.1, 0.15) is 101 Å². The monoisotopic (exact) mass is 615 g/mol. The fourth-order valence-corrected chi connectivity index (χ4v) is 6.24. The van der Waals surface area contributed by atoms with Gasteiger partial charge in [0.25, 0.3) is 11.5 Å². The molecule has 0 aromatic heterocycles. The van der Waals surface area contributed by atoms with Gasteiger partial charge in [0.2, 0.25) is 0 Å². The Bertz CT molecular complexity index is 1090. The molecule has 2 fully saturated rings. The summed E-state index contributed by atoms with van der Waals surface area (Å²) in [5.41, 5.74) is -5.98.